The first kappa shape index (κ1) is 16.9. The standard InChI is InChI=1S/C7H15.Ba.H2O/c1-3-5-7-6-4-2;;/h1,3-7H2,2H3;;1H2/q-1;+2;/p-1. The van der Waals surface area contributed by atoms with Crippen LogP contribution in [0.3, 0.4) is 0 Å². The second kappa shape index (κ2) is 16.3. The Morgan fingerprint density at radius 3 is 2.00 bits per heavy atom. The maximum Gasteiger partial charge on any atom is 2.00 e. The second-order valence-electron chi connectivity index (χ2n) is 1.91. The van der Waals surface area contributed by atoms with Crippen molar-refractivity contribution in [3.8, 4) is 0 Å². The van der Waals surface area contributed by atoms with Crippen molar-refractivity contribution in [2.75, 3.05) is 0 Å². The van der Waals surface area contributed by atoms with Gasteiger partial charge in [0.15, 0.2) is 0 Å². The van der Waals surface area contributed by atoms with Crippen LogP contribution in [-0.2, 0) is 0 Å². The minimum absolute atomic E-state index is 0. The molecule has 0 aliphatic heterocycles. The van der Waals surface area contributed by atoms with Gasteiger partial charge in [-0.2, -0.15) is 6.42 Å². The fraction of sp³-hybridized carbons (Fsp3) is 0.857. The summed E-state index contributed by atoms with van der Waals surface area (Å²) < 4.78 is 0. The van der Waals surface area contributed by atoms with Gasteiger partial charge in [-0.05, 0) is 0 Å². The van der Waals surface area contributed by atoms with Crippen LogP contribution >= 0.6 is 0 Å². The number of unbranched alkanes of at least 4 members (excludes halogenated alkanes) is 4. The van der Waals surface area contributed by atoms with Gasteiger partial charge in [-0.3, -0.25) is 0 Å². The first-order valence-electron chi connectivity index (χ1n) is 3.21. The smallest absolute Gasteiger partial charge is 0.870 e. The van der Waals surface area contributed by atoms with Crippen LogP contribution in [0.15, 0.2) is 0 Å². The molecule has 52 valence electrons. The van der Waals surface area contributed by atoms with E-state index in [9.17, 15) is 0 Å². The van der Waals surface area contributed by atoms with E-state index >= 15 is 0 Å². The third kappa shape index (κ3) is 17.7. The van der Waals surface area contributed by atoms with Crippen LogP contribution in [0.2, 0.25) is 0 Å². The van der Waals surface area contributed by atoms with Crippen molar-refractivity contribution in [1.29, 1.82) is 0 Å². The number of hydrogen-bond donors (Lipinski definition) is 0. The van der Waals surface area contributed by atoms with E-state index in [2.05, 4.69) is 13.8 Å². The summed E-state index contributed by atoms with van der Waals surface area (Å²) in [7, 11) is 0. The molecule has 0 amide bonds. The van der Waals surface area contributed by atoms with Gasteiger partial charge in [0, 0.05) is 0 Å². The molecule has 0 aliphatic carbocycles. The third-order valence-corrected chi connectivity index (χ3v) is 1.10. The van der Waals surface area contributed by atoms with Crippen molar-refractivity contribution < 1.29 is 5.48 Å². The van der Waals surface area contributed by atoms with E-state index in [0.29, 0.717) is 0 Å². The zero-order chi connectivity index (χ0) is 5.54. The van der Waals surface area contributed by atoms with Crippen LogP contribution < -0.4 is 0 Å². The van der Waals surface area contributed by atoms with Crippen LogP contribution in [0.4, 0.5) is 0 Å². The molecule has 0 saturated carbocycles. The Balaban J connectivity index is -0.000000180. The van der Waals surface area contributed by atoms with Crippen LogP contribution in [-0.4, -0.2) is 54.4 Å². The van der Waals surface area contributed by atoms with Gasteiger partial charge < -0.3 is 12.4 Å². The molecular formula is C7H16BaO. The van der Waals surface area contributed by atoms with Gasteiger partial charge in [0.2, 0.25) is 0 Å². The Labute approximate surface area is 99.0 Å². The van der Waals surface area contributed by atoms with Gasteiger partial charge in [0.05, 0.1) is 0 Å². The molecule has 0 heterocycles. The van der Waals surface area contributed by atoms with Crippen LogP contribution in [0.25, 0.3) is 0 Å². The molecule has 0 unspecified atom stereocenters. The quantitative estimate of drug-likeness (QED) is 0.429. The van der Waals surface area contributed by atoms with E-state index in [1.54, 1.807) is 0 Å². The molecule has 1 nitrogen and oxygen atoms in total. The minimum atomic E-state index is 0. The van der Waals surface area contributed by atoms with Gasteiger partial charge in [-0.25, -0.2) is 0 Å². The fourth-order valence-electron chi connectivity index (χ4n) is 0.604. The Hall–Kier alpha value is 1.53. The van der Waals surface area contributed by atoms with E-state index in [1.165, 1.54) is 25.7 Å². The van der Waals surface area contributed by atoms with Gasteiger partial charge >= 0.3 is 48.9 Å². The predicted octanol–water partition coefficient (Wildman–Crippen LogP) is 2.23. The third-order valence-electron chi connectivity index (χ3n) is 1.10. The number of rotatable bonds is 4. The van der Waals surface area contributed by atoms with Crippen molar-refractivity contribution >= 4 is 48.9 Å². The normalized spacial score (nSPS) is 7.33. The van der Waals surface area contributed by atoms with E-state index in [0.717, 1.165) is 6.42 Å². The fourth-order valence-corrected chi connectivity index (χ4v) is 0.604. The molecule has 0 aliphatic rings. The maximum absolute atomic E-state index is 3.76. The summed E-state index contributed by atoms with van der Waals surface area (Å²) in [6, 6.07) is 0. The van der Waals surface area contributed by atoms with E-state index < -0.39 is 0 Å². The average molecular weight is 254 g/mol. The molecule has 0 saturated heterocycles. The Morgan fingerprint density at radius 2 is 1.67 bits per heavy atom. The van der Waals surface area contributed by atoms with E-state index in [-0.39, 0.29) is 54.4 Å². The molecular weight excluding hydrogens is 237 g/mol. The van der Waals surface area contributed by atoms with Crippen LogP contribution in [0.1, 0.15) is 39.0 Å². The van der Waals surface area contributed by atoms with Crippen molar-refractivity contribution in [2.45, 2.75) is 39.0 Å². The molecule has 0 aromatic heterocycles. The zero-order valence-electron chi connectivity index (χ0n) is 6.40. The summed E-state index contributed by atoms with van der Waals surface area (Å²) >= 11 is 0. The monoisotopic (exact) mass is 254 g/mol. The van der Waals surface area contributed by atoms with Gasteiger partial charge in [-0.15, -0.1) is 0 Å². The summed E-state index contributed by atoms with van der Waals surface area (Å²) in [6.07, 6.45) is 6.52. The van der Waals surface area contributed by atoms with Crippen molar-refractivity contribution in [1.82, 2.24) is 0 Å². The predicted molar refractivity (Wildman–Crippen MR) is 41.8 cm³/mol. The van der Waals surface area contributed by atoms with Crippen LogP contribution in [0.5, 0.6) is 0 Å². The molecule has 0 rings (SSSR count). The average Bonchev–Trinajstić information content (AvgIpc) is 1.69. The molecule has 1 N–H and O–H groups in total. The molecule has 0 radical (unpaired) electrons. The SMILES string of the molecule is [Ba+2].[CH2-]CCCCCC.[OH-]. The summed E-state index contributed by atoms with van der Waals surface area (Å²) in [4.78, 5) is 0. The van der Waals surface area contributed by atoms with Crippen molar-refractivity contribution in [3.05, 3.63) is 6.92 Å². The minimum Gasteiger partial charge on any atom is -0.870 e. The molecule has 0 spiro atoms. The number of hydrogen-bond acceptors (Lipinski definition) is 1. The molecule has 0 bridgehead atoms. The zero-order valence-corrected chi connectivity index (χ0v) is 10.8. The van der Waals surface area contributed by atoms with Gasteiger partial charge in [-0.1, -0.05) is 32.6 Å². The summed E-state index contributed by atoms with van der Waals surface area (Å²) in [5, 5.41) is 0. The molecule has 2 heteroatoms. The van der Waals surface area contributed by atoms with E-state index in [1.807, 2.05) is 0 Å². The summed E-state index contributed by atoms with van der Waals surface area (Å²) in [5.74, 6) is 0. The largest absolute Gasteiger partial charge is 2.00 e. The Kier molecular flexibility index (Phi) is 30.5. The topological polar surface area (TPSA) is 30.0 Å². The van der Waals surface area contributed by atoms with Crippen molar-refractivity contribution in [2.24, 2.45) is 0 Å². The van der Waals surface area contributed by atoms with Gasteiger partial charge in [0.1, 0.15) is 0 Å². The first-order valence-corrected chi connectivity index (χ1v) is 3.21. The summed E-state index contributed by atoms with van der Waals surface area (Å²) in [6.45, 7) is 5.98. The van der Waals surface area contributed by atoms with Gasteiger partial charge in [0.25, 0.3) is 0 Å². The summed E-state index contributed by atoms with van der Waals surface area (Å²) in [5.41, 5.74) is 0. The first-order chi connectivity index (χ1) is 3.41. The van der Waals surface area contributed by atoms with E-state index in [4.69, 9.17) is 0 Å². The maximum atomic E-state index is 3.76. The molecule has 0 aromatic rings. The molecule has 0 fully saturated rings. The Bertz CT molecular complexity index is 28.1. The van der Waals surface area contributed by atoms with Crippen molar-refractivity contribution in [3.63, 3.8) is 0 Å². The molecule has 0 aromatic carbocycles. The molecule has 0 atom stereocenters. The Morgan fingerprint density at radius 1 is 1.11 bits per heavy atom. The molecule has 9 heavy (non-hydrogen) atoms. The van der Waals surface area contributed by atoms with Crippen LogP contribution in [0, 0.1) is 6.92 Å². The second-order valence-corrected chi connectivity index (χ2v) is 1.91.